The fourth-order valence-electron chi connectivity index (χ4n) is 12.3. The molecule has 0 spiro atoms. The molecular weight excluding hydrogens is 899 g/mol. The van der Waals surface area contributed by atoms with E-state index in [9.17, 15) is 0 Å². The lowest BCUT2D eigenvalue weighted by molar-refractivity contribution is 0.669. The summed E-state index contributed by atoms with van der Waals surface area (Å²) in [5.41, 5.74) is 16.1. The fourth-order valence-corrected chi connectivity index (χ4v) is 13.4. The van der Waals surface area contributed by atoms with Gasteiger partial charge in [0.1, 0.15) is 22.3 Å². The van der Waals surface area contributed by atoms with Crippen molar-refractivity contribution in [3.8, 4) is 28.2 Å². The Morgan fingerprint density at radius 1 is 0.264 bits per heavy atom. The Morgan fingerprint density at radius 2 is 0.778 bits per heavy atom. The smallest absolute Gasteiger partial charge is 0.145 e. The Balaban J connectivity index is 0.935. The second-order valence-electron chi connectivity index (χ2n) is 19.2. The molecule has 0 saturated carbocycles. The maximum atomic E-state index is 7.48. The summed E-state index contributed by atoms with van der Waals surface area (Å²) < 4.78 is 23.5. The van der Waals surface area contributed by atoms with Crippen molar-refractivity contribution in [1.29, 1.82) is 0 Å². The third kappa shape index (κ3) is 5.15. The largest absolute Gasteiger partial charge is 0.456 e. The molecule has 72 heavy (non-hydrogen) atoms. The van der Waals surface area contributed by atoms with Crippen LogP contribution >= 0.6 is 11.3 Å². The number of benzene rings is 11. The van der Waals surface area contributed by atoms with E-state index < -0.39 is 0 Å². The molecule has 17 aromatic rings. The SMILES string of the molecule is c1ccc(-n2c3ccccc3c3cc(-c4ccc5c(c4)c4c6oc7c(ccc8c7c7ccccc7n8-c7ccc8oc9ccccc9c8c7)c6ccc4n5-c4ccc5sc6ccccc6c5c4)ccc32)cc1. The molecule has 5 nitrogen and oxygen atoms in total. The molecule has 0 saturated heterocycles. The summed E-state index contributed by atoms with van der Waals surface area (Å²) in [5, 5.41) is 13.9. The van der Waals surface area contributed by atoms with Crippen molar-refractivity contribution in [2.75, 3.05) is 0 Å². The number of aromatic nitrogens is 3. The lowest BCUT2D eigenvalue weighted by Gasteiger charge is -2.10. The molecule has 0 aliphatic carbocycles. The van der Waals surface area contributed by atoms with Crippen molar-refractivity contribution >= 4 is 141 Å². The zero-order chi connectivity index (χ0) is 46.8. The van der Waals surface area contributed by atoms with E-state index in [4.69, 9.17) is 8.83 Å². The molecular formula is C66H37N3O2S. The second-order valence-corrected chi connectivity index (χ2v) is 20.3. The molecule has 17 rings (SSSR count). The average molecular weight is 936 g/mol. The lowest BCUT2D eigenvalue weighted by Crippen LogP contribution is -1.93. The van der Waals surface area contributed by atoms with E-state index in [-0.39, 0.29) is 0 Å². The fraction of sp³-hybridized carbons (Fsp3) is 0. The van der Waals surface area contributed by atoms with Gasteiger partial charge in [-0.25, -0.2) is 0 Å². The highest BCUT2D eigenvalue weighted by Crippen LogP contribution is 2.47. The molecule has 0 atom stereocenters. The Morgan fingerprint density at radius 3 is 1.54 bits per heavy atom. The minimum absolute atomic E-state index is 0.881. The second kappa shape index (κ2) is 14.1. The number of hydrogen-bond acceptors (Lipinski definition) is 3. The van der Waals surface area contributed by atoms with Gasteiger partial charge < -0.3 is 22.5 Å². The van der Waals surface area contributed by atoms with Crippen LogP contribution in [0.2, 0.25) is 0 Å². The van der Waals surface area contributed by atoms with Gasteiger partial charge in [0.2, 0.25) is 0 Å². The van der Waals surface area contributed by atoms with Crippen LogP contribution in [0.15, 0.2) is 233 Å². The highest BCUT2D eigenvalue weighted by Gasteiger charge is 2.24. The van der Waals surface area contributed by atoms with Crippen molar-refractivity contribution in [3.05, 3.63) is 224 Å². The first-order valence-electron chi connectivity index (χ1n) is 24.5. The van der Waals surface area contributed by atoms with Crippen LogP contribution in [0.5, 0.6) is 0 Å². The molecule has 0 bridgehead atoms. The van der Waals surface area contributed by atoms with Crippen LogP contribution in [-0.4, -0.2) is 13.7 Å². The van der Waals surface area contributed by atoms with Gasteiger partial charge in [-0.05, 0) is 132 Å². The highest BCUT2D eigenvalue weighted by atomic mass is 32.1. The summed E-state index contributed by atoms with van der Waals surface area (Å²) in [6, 6.07) is 81.8. The molecule has 0 N–H and O–H groups in total. The summed E-state index contributed by atoms with van der Waals surface area (Å²) in [6.45, 7) is 0. The maximum absolute atomic E-state index is 7.48. The van der Waals surface area contributed by atoms with Crippen LogP contribution in [0.1, 0.15) is 0 Å². The van der Waals surface area contributed by atoms with E-state index in [0.717, 1.165) is 110 Å². The number of hydrogen-bond donors (Lipinski definition) is 0. The van der Waals surface area contributed by atoms with Crippen LogP contribution in [0.3, 0.4) is 0 Å². The lowest BCUT2D eigenvalue weighted by atomic mass is 10.00. The molecule has 6 aromatic heterocycles. The molecule has 0 radical (unpaired) electrons. The van der Waals surface area contributed by atoms with Crippen molar-refractivity contribution in [1.82, 2.24) is 13.7 Å². The molecule has 0 unspecified atom stereocenters. The zero-order valence-corrected chi connectivity index (χ0v) is 39.2. The van der Waals surface area contributed by atoms with E-state index in [1.54, 1.807) is 0 Å². The van der Waals surface area contributed by atoms with Crippen molar-refractivity contribution in [2.24, 2.45) is 0 Å². The maximum Gasteiger partial charge on any atom is 0.145 e. The van der Waals surface area contributed by atoms with E-state index in [0.29, 0.717) is 0 Å². The summed E-state index contributed by atoms with van der Waals surface area (Å²) >= 11 is 1.85. The van der Waals surface area contributed by atoms with E-state index in [1.807, 2.05) is 23.5 Å². The predicted octanol–water partition coefficient (Wildman–Crippen LogP) is 18.8. The number of nitrogens with zero attached hydrogens (tertiary/aromatic N) is 3. The van der Waals surface area contributed by atoms with Gasteiger partial charge in [0.15, 0.2) is 0 Å². The number of rotatable bonds is 4. The highest BCUT2D eigenvalue weighted by molar-refractivity contribution is 7.25. The third-order valence-corrected chi connectivity index (χ3v) is 16.6. The molecule has 334 valence electrons. The summed E-state index contributed by atoms with van der Waals surface area (Å²) in [7, 11) is 0. The number of fused-ring (bicyclic) bond motifs is 20. The zero-order valence-electron chi connectivity index (χ0n) is 38.4. The molecule has 11 aromatic carbocycles. The predicted molar refractivity (Wildman–Crippen MR) is 302 cm³/mol. The standard InChI is InChI=1S/C66H37N3O2S/c1-2-12-40(13-3-1)67-53-18-8-4-14-43(53)49-34-38(22-28-55(49)67)39-23-29-56-52(35-39)64-58(69(56)42-25-33-62-51(37-42)45-16-7-11-21-61(45)72-62)31-27-47-46-26-30-57-63(65(46)71-66(47)64)48-17-5-9-19-54(48)68(57)41-24-32-60-50(36-41)44-15-6-10-20-59(44)70-60/h1-37H. The monoisotopic (exact) mass is 935 g/mol. The topological polar surface area (TPSA) is 41.1 Å². The quantitative estimate of drug-likeness (QED) is 0.176. The van der Waals surface area contributed by atoms with Gasteiger partial charge in [-0.2, -0.15) is 0 Å². The van der Waals surface area contributed by atoms with Crippen LogP contribution in [0.4, 0.5) is 0 Å². The minimum Gasteiger partial charge on any atom is -0.456 e. The van der Waals surface area contributed by atoms with Gasteiger partial charge in [0.05, 0.1) is 43.9 Å². The van der Waals surface area contributed by atoms with Gasteiger partial charge in [0.25, 0.3) is 0 Å². The molecule has 6 heteroatoms. The average Bonchev–Trinajstić information content (AvgIpc) is 4.29. The van der Waals surface area contributed by atoms with Crippen LogP contribution in [-0.2, 0) is 0 Å². The van der Waals surface area contributed by atoms with Crippen molar-refractivity contribution < 1.29 is 8.83 Å². The molecule has 0 fully saturated rings. The van der Waals surface area contributed by atoms with Crippen LogP contribution in [0, 0.1) is 0 Å². The van der Waals surface area contributed by atoms with E-state index in [2.05, 4.69) is 226 Å². The van der Waals surface area contributed by atoms with Crippen LogP contribution in [0.25, 0.3) is 158 Å². The molecule has 0 amide bonds. The Kier molecular flexibility index (Phi) is 7.55. The van der Waals surface area contributed by atoms with Gasteiger partial charge in [0, 0.05) is 80.3 Å². The first-order valence-corrected chi connectivity index (χ1v) is 25.3. The normalized spacial score (nSPS) is 12.4. The third-order valence-electron chi connectivity index (χ3n) is 15.4. The number of thiophene rings is 1. The summed E-state index contributed by atoms with van der Waals surface area (Å²) in [5.74, 6) is 0. The number of furan rings is 2. The molecule has 6 heterocycles. The van der Waals surface area contributed by atoms with Gasteiger partial charge in [-0.1, -0.05) is 103 Å². The number of para-hydroxylation sites is 4. The van der Waals surface area contributed by atoms with E-state index in [1.165, 1.54) is 47.5 Å². The first kappa shape index (κ1) is 38.5. The summed E-state index contributed by atoms with van der Waals surface area (Å²) in [6.07, 6.45) is 0. The Hall–Kier alpha value is -9.36. The van der Waals surface area contributed by atoms with Gasteiger partial charge >= 0.3 is 0 Å². The van der Waals surface area contributed by atoms with Gasteiger partial charge in [-0.3, -0.25) is 0 Å². The van der Waals surface area contributed by atoms with Crippen LogP contribution < -0.4 is 0 Å². The van der Waals surface area contributed by atoms with Crippen molar-refractivity contribution in [3.63, 3.8) is 0 Å². The Labute approximate surface area is 413 Å². The molecule has 0 aliphatic heterocycles. The molecule has 0 aliphatic rings. The van der Waals surface area contributed by atoms with E-state index >= 15 is 0 Å². The first-order chi connectivity index (χ1) is 35.7. The summed E-state index contributed by atoms with van der Waals surface area (Å²) in [4.78, 5) is 0. The van der Waals surface area contributed by atoms with Gasteiger partial charge in [-0.15, -0.1) is 11.3 Å². The minimum atomic E-state index is 0.881. The van der Waals surface area contributed by atoms with Crippen molar-refractivity contribution in [2.45, 2.75) is 0 Å². The Bertz CT molecular complexity index is 5170.